The Balaban J connectivity index is 2.16. The molecule has 1 amide bonds. The van der Waals surface area contributed by atoms with Gasteiger partial charge in [0.1, 0.15) is 0 Å². The number of benzene rings is 1. The lowest BCUT2D eigenvalue weighted by Crippen LogP contribution is -2.51. The third kappa shape index (κ3) is 3.33. The molecule has 0 aromatic heterocycles. The summed E-state index contributed by atoms with van der Waals surface area (Å²) in [5, 5.41) is 0.608. The zero-order chi connectivity index (χ0) is 14.7. The molecule has 0 bridgehead atoms. The molecule has 3 nitrogen and oxygen atoms in total. The number of likely N-dealkylation sites (N-methyl/N-ethyl adjacent to an activating group) is 2. The van der Waals surface area contributed by atoms with E-state index in [1.54, 1.807) is 12.1 Å². The first-order valence-electron chi connectivity index (χ1n) is 7.20. The average molecular weight is 295 g/mol. The maximum Gasteiger partial charge on any atom is 0.253 e. The number of halogens is 1. The summed E-state index contributed by atoms with van der Waals surface area (Å²) in [7, 11) is 6.11. The van der Waals surface area contributed by atoms with Crippen molar-refractivity contribution in [2.24, 2.45) is 0 Å². The van der Waals surface area contributed by atoms with Gasteiger partial charge in [0.05, 0.1) is 0 Å². The van der Waals surface area contributed by atoms with Gasteiger partial charge in [-0.2, -0.15) is 0 Å². The van der Waals surface area contributed by atoms with Crippen molar-refractivity contribution in [3.63, 3.8) is 0 Å². The van der Waals surface area contributed by atoms with E-state index in [2.05, 4.69) is 19.0 Å². The van der Waals surface area contributed by atoms with Gasteiger partial charge in [0.15, 0.2) is 0 Å². The fourth-order valence-corrected chi connectivity index (χ4v) is 3.31. The molecule has 0 aliphatic heterocycles. The number of carbonyl (C=O) groups excluding carboxylic acids is 1. The minimum Gasteiger partial charge on any atom is -0.337 e. The normalized spacial score (nSPS) is 22.9. The number of hydrogen-bond acceptors (Lipinski definition) is 2. The van der Waals surface area contributed by atoms with Gasteiger partial charge in [-0.25, -0.2) is 0 Å². The first-order valence-corrected chi connectivity index (χ1v) is 7.57. The van der Waals surface area contributed by atoms with Gasteiger partial charge in [-0.3, -0.25) is 4.79 Å². The predicted octanol–water partition coefficient (Wildman–Crippen LogP) is 3.28. The van der Waals surface area contributed by atoms with Crippen LogP contribution in [0.15, 0.2) is 24.3 Å². The van der Waals surface area contributed by atoms with Crippen LogP contribution in [0, 0.1) is 0 Å². The van der Waals surface area contributed by atoms with Crippen molar-refractivity contribution in [2.45, 2.75) is 37.8 Å². The molecule has 1 aromatic carbocycles. The predicted molar refractivity (Wildman–Crippen MR) is 83.3 cm³/mol. The van der Waals surface area contributed by atoms with E-state index in [9.17, 15) is 4.79 Å². The number of carbonyl (C=O) groups is 1. The molecule has 20 heavy (non-hydrogen) atoms. The lowest BCUT2D eigenvalue weighted by molar-refractivity contribution is 0.0544. The molecule has 110 valence electrons. The van der Waals surface area contributed by atoms with E-state index in [-0.39, 0.29) is 11.9 Å². The van der Waals surface area contributed by atoms with Crippen LogP contribution in [0.3, 0.4) is 0 Å². The molecule has 0 heterocycles. The Kier molecular flexibility index (Phi) is 5.06. The largest absolute Gasteiger partial charge is 0.337 e. The number of amides is 1. The Labute approximate surface area is 126 Å². The van der Waals surface area contributed by atoms with Gasteiger partial charge in [-0.05, 0) is 45.1 Å². The molecule has 1 aliphatic carbocycles. The molecular formula is C16H23ClN2O. The van der Waals surface area contributed by atoms with E-state index >= 15 is 0 Å². The quantitative estimate of drug-likeness (QED) is 0.854. The molecule has 1 aliphatic rings. The highest BCUT2D eigenvalue weighted by Crippen LogP contribution is 2.26. The third-order valence-electron chi connectivity index (χ3n) is 4.25. The molecule has 1 aromatic rings. The zero-order valence-corrected chi connectivity index (χ0v) is 13.2. The van der Waals surface area contributed by atoms with Crippen molar-refractivity contribution >= 4 is 17.5 Å². The maximum absolute atomic E-state index is 12.6. The SMILES string of the molecule is CN(C)[C@@H]1CCCC[C@H]1N(C)C(=O)c1cccc(Cl)c1. The second-order valence-electron chi connectivity index (χ2n) is 5.81. The second kappa shape index (κ2) is 6.59. The summed E-state index contributed by atoms with van der Waals surface area (Å²) in [6.45, 7) is 0. The first-order chi connectivity index (χ1) is 9.50. The Morgan fingerprint density at radius 3 is 2.40 bits per heavy atom. The smallest absolute Gasteiger partial charge is 0.253 e. The van der Waals surface area contributed by atoms with Crippen LogP contribution in [-0.4, -0.2) is 48.9 Å². The highest BCUT2D eigenvalue weighted by Gasteiger charge is 2.32. The van der Waals surface area contributed by atoms with Gasteiger partial charge in [-0.1, -0.05) is 30.5 Å². The van der Waals surface area contributed by atoms with E-state index in [1.165, 1.54) is 12.8 Å². The summed E-state index contributed by atoms with van der Waals surface area (Å²) in [5.41, 5.74) is 0.670. The molecular weight excluding hydrogens is 272 g/mol. The molecule has 0 N–H and O–H groups in total. The highest BCUT2D eigenvalue weighted by atomic mass is 35.5. The zero-order valence-electron chi connectivity index (χ0n) is 12.5. The van der Waals surface area contributed by atoms with Crippen LogP contribution in [0.1, 0.15) is 36.0 Å². The Morgan fingerprint density at radius 2 is 1.80 bits per heavy atom. The standard InChI is InChI=1S/C16H23ClN2O/c1-18(2)14-9-4-5-10-15(14)19(3)16(20)12-7-6-8-13(17)11-12/h6-8,11,14-15H,4-5,9-10H2,1-3H3/t14-,15-/m1/s1. The van der Waals surface area contributed by atoms with Crippen LogP contribution in [0.5, 0.6) is 0 Å². The summed E-state index contributed by atoms with van der Waals surface area (Å²) in [6, 6.07) is 7.92. The topological polar surface area (TPSA) is 23.6 Å². The molecule has 0 spiro atoms. The fraction of sp³-hybridized carbons (Fsp3) is 0.562. The van der Waals surface area contributed by atoms with Crippen molar-refractivity contribution in [1.29, 1.82) is 0 Å². The Hall–Kier alpha value is -1.06. The summed E-state index contributed by atoms with van der Waals surface area (Å²) in [5.74, 6) is 0.0613. The van der Waals surface area contributed by atoms with Crippen LogP contribution in [0.2, 0.25) is 5.02 Å². The molecule has 0 saturated heterocycles. The summed E-state index contributed by atoms with van der Waals surface area (Å²) >= 11 is 5.98. The van der Waals surface area contributed by atoms with E-state index in [0.717, 1.165) is 12.8 Å². The summed E-state index contributed by atoms with van der Waals surface area (Å²) < 4.78 is 0. The molecule has 2 atom stereocenters. The number of hydrogen-bond donors (Lipinski definition) is 0. The van der Waals surface area contributed by atoms with Gasteiger partial charge < -0.3 is 9.80 Å². The van der Waals surface area contributed by atoms with Gasteiger partial charge in [0.2, 0.25) is 0 Å². The second-order valence-corrected chi connectivity index (χ2v) is 6.25. The molecule has 0 unspecified atom stereocenters. The molecule has 1 fully saturated rings. The molecule has 1 saturated carbocycles. The van der Waals surface area contributed by atoms with Gasteiger partial charge >= 0.3 is 0 Å². The van der Waals surface area contributed by atoms with Crippen LogP contribution in [-0.2, 0) is 0 Å². The summed E-state index contributed by atoms with van der Waals surface area (Å²) in [4.78, 5) is 16.8. The Morgan fingerprint density at radius 1 is 1.15 bits per heavy atom. The summed E-state index contributed by atoms with van der Waals surface area (Å²) in [6.07, 6.45) is 4.68. The van der Waals surface area contributed by atoms with Crippen molar-refractivity contribution in [1.82, 2.24) is 9.80 Å². The Bertz CT molecular complexity index is 475. The van der Waals surface area contributed by atoms with Crippen molar-refractivity contribution in [3.8, 4) is 0 Å². The van der Waals surface area contributed by atoms with Crippen molar-refractivity contribution in [3.05, 3.63) is 34.9 Å². The van der Waals surface area contributed by atoms with Crippen molar-refractivity contribution in [2.75, 3.05) is 21.1 Å². The molecule has 4 heteroatoms. The number of nitrogens with zero attached hydrogens (tertiary/aromatic N) is 2. The van der Waals surface area contributed by atoms with E-state index in [4.69, 9.17) is 11.6 Å². The van der Waals surface area contributed by atoms with E-state index in [1.807, 2.05) is 24.1 Å². The van der Waals surface area contributed by atoms with Gasteiger partial charge in [0.25, 0.3) is 5.91 Å². The van der Waals surface area contributed by atoms with Crippen LogP contribution in [0.4, 0.5) is 0 Å². The fourth-order valence-electron chi connectivity index (χ4n) is 3.12. The average Bonchev–Trinajstić information content (AvgIpc) is 2.45. The van der Waals surface area contributed by atoms with Gasteiger partial charge in [-0.15, -0.1) is 0 Å². The van der Waals surface area contributed by atoms with Crippen LogP contribution >= 0.6 is 11.6 Å². The lowest BCUT2D eigenvalue weighted by atomic mass is 9.88. The van der Waals surface area contributed by atoms with Crippen LogP contribution < -0.4 is 0 Å². The monoisotopic (exact) mass is 294 g/mol. The van der Waals surface area contributed by atoms with Crippen LogP contribution in [0.25, 0.3) is 0 Å². The molecule has 2 rings (SSSR count). The number of rotatable bonds is 3. The van der Waals surface area contributed by atoms with Crippen molar-refractivity contribution < 1.29 is 4.79 Å². The van der Waals surface area contributed by atoms with E-state index < -0.39 is 0 Å². The van der Waals surface area contributed by atoms with Gasteiger partial charge in [0, 0.05) is 29.7 Å². The maximum atomic E-state index is 12.6. The highest BCUT2D eigenvalue weighted by molar-refractivity contribution is 6.30. The van der Waals surface area contributed by atoms with E-state index in [0.29, 0.717) is 16.6 Å². The third-order valence-corrected chi connectivity index (χ3v) is 4.48. The minimum absolute atomic E-state index is 0.0613. The first kappa shape index (κ1) is 15.3. The lowest BCUT2D eigenvalue weighted by Gasteiger charge is -2.41. The molecule has 0 radical (unpaired) electrons. The minimum atomic E-state index is 0.0613.